The predicted octanol–water partition coefficient (Wildman–Crippen LogP) is 6.65. The Morgan fingerprint density at radius 3 is 2.14 bits per heavy atom. The normalized spacial score (nSPS) is 13.2. The highest BCUT2D eigenvalue weighted by Crippen LogP contribution is 2.21. The van der Waals surface area contributed by atoms with Crippen molar-refractivity contribution in [3.63, 3.8) is 0 Å². The van der Waals surface area contributed by atoms with Crippen LogP contribution in [0.3, 0.4) is 0 Å². The second-order valence-corrected chi connectivity index (χ2v) is 4.96. The molecule has 0 aromatic heterocycles. The maximum absolute atomic E-state index is 4.20. The molecule has 0 aromatic rings. The minimum atomic E-state index is 0.956. The van der Waals surface area contributed by atoms with Gasteiger partial charge in [0.25, 0.3) is 0 Å². The molecule has 0 saturated heterocycles. The minimum absolute atomic E-state index is 0.956. The largest absolute Gasteiger partial charge is 0.0991 e. The van der Waals surface area contributed by atoms with Crippen LogP contribution < -0.4 is 0 Å². The third-order valence-corrected chi connectivity index (χ3v) is 3.02. The number of allylic oxidation sites excluding steroid dienone is 13. The Kier molecular flexibility index (Phi) is 9.62. The van der Waals surface area contributed by atoms with E-state index in [1.807, 2.05) is 25.2 Å². The summed E-state index contributed by atoms with van der Waals surface area (Å²) in [5.41, 5.74) is 5.72. The van der Waals surface area contributed by atoms with Crippen molar-refractivity contribution in [3.05, 3.63) is 96.2 Å². The topological polar surface area (TPSA) is 0 Å². The van der Waals surface area contributed by atoms with Crippen molar-refractivity contribution in [2.45, 2.75) is 34.1 Å². The molecule has 112 valence electrons. The summed E-state index contributed by atoms with van der Waals surface area (Å²) in [5, 5.41) is 0. The van der Waals surface area contributed by atoms with Crippen molar-refractivity contribution in [2.24, 2.45) is 0 Å². The quantitative estimate of drug-likeness (QED) is 0.437. The first-order chi connectivity index (χ1) is 9.99. The average Bonchev–Trinajstić information content (AvgIpc) is 2.46. The van der Waals surface area contributed by atoms with E-state index in [0.29, 0.717) is 0 Å². The van der Waals surface area contributed by atoms with Gasteiger partial charge in [-0.15, -0.1) is 0 Å². The van der Waals surface area contributed by atoms with E-state index in [2.05, 4.69) is 64.8 Å². The van der Waals surface area contributed by atoms with Gasteiger partial charge in [-0.2, -0.15) is 0 Å². The zero-order valence-corrected chi connectivity index (χ0v) is 13.9. The predicted molar refractivity (Wildman–Crippen MR) is 98.3 cm³/mol. The summed E-state index contributed by atoms with van der Waals surface area (Å²) < 4.78 is 0. The Labute approximate surface area is 131 Å². The third-order valence-electron chi connectivity index (χ3n) is 3.02. The summed E-state index contributed by atoms with van der Waals surface area (Å²) in [6, 6.07) is 0. The first-order valence-electron chi connectivity index (χ1n) is 7.33. The van der Waals surface area contributed by atoms with Crippen LogP contribution in [0.4, 0.5) is 0 Å². The van der Waals surface area contributed by atoms with Gasteiger partial charge in [0, 0.05) is 0 Å². The van der Waals surface area contributed by atoms with Gasteiger partial charge < -0.3 is 0 Å². The molecular weight excluding hydrogens is 252 g/mol. The summed E-state index contributed by atoms with van der Waals surface area (Å²) in [6.45, 7) is 20.2. The van der Waals surface area contributed by atoms with Gasteiger partial charge in [0.15, 0.2) is 0 Å². The molecule has 0 heterocycles. The Hall–Kier alpha value is -2.08. The number of hydrogen-bond acceptors (Lipinski definition) is 0. The van der Waals surface area contributed by atoms with Crippen LogP contribution in [0.15, 0.2) is 96.2 Å². The average molecular weight is 280 g/mol. The number of hydrogen-bond donors (Lipinski definition) is 0. The molecule has 0 spiro atoms. The molecule has 0 N–H and O–H groups in total. The smallest absolute Gasteiger partial charge is 0.0187 e. The lowest BCUT2D eigenvalue weighted by molar-refractivity contribution is 1.12. The van der Waals surface area contributed by atoms with Gasteiger partial charge in [0.2, 0.25) is 0 Å². The lowest BCUT2D eigenvalue weighted by Crippen LogP contribution is -1.88. The van der Waals surface area contributed by atoms with Crippen molar-refractivity contribution >= 4 is 0 Å². The van der Waals surface area contributed by atoms with Crippen LogP contribution in [-0.2, 0) is 0 Å². The summed E-state index contributed by atoms with van der Waals surface area (Å²) in [7, 11) is 0. The fourth-order valence-electron chi connectivity index (χ4n) is 1.79. The second kappa shape index (κ2) is 10.7. The highest BCUT2D eigenvalue weighted by Gasteiger charge is 2.01. The fraction of sp³-hybridized carbons (Fsp3) is 0.238. The van der Waals surface area contributed by atoms with Crippen molar-refractivity contribution in [1.82, 2.24) is 0 Å². The molecule has 0 atom stereocenters. The van der Waals surface area contributed by atoms with E-state index in [1.165, 1.54) is 11.1 Å². The molecule has 0 aliphatic carbocycles. The van der Waals surface area contributed by atoms with E-state index >= 15 is 0 Å². The van der Waals surface area contributed by atoms with E-state index in [0.717, 1.165) is 23.1 Å². The Morgan fingerprint density at radius 2 is 1.71 bits per heavy atom. The van der Waals surface area contributed by atoms with E-state index in [-0.39, 0.29) is 0 Å². The Balaban J connectivity index is 5.50. The molecule has 0 fully saturated rings. The monoisotopic (exact) mass is 280 g/mol. The first-order valence-corrected chi connectivity index (χ1v) is 7.33. The summed E-state index contributed by atoms with van der Waals surface area (Å²) >= 11 is 0. The van der Waals surface area contributed by atoms with Crippen molar-refractivity contribution in [3.8, 4) is 0 Å². The summed E-state index contributed by atoms with van der Waals surface area (Å²) in [4.78, 5) is 0. The zero-order chi connectivity index (χ0) is 16.3. The maximum atomic E-state index is 4.20. The lowest BCUT2D eigenvalue weighted by Gasteiger charge is -2.08. The molecular formula is C21H28. The van der Waals surface area contributed by atoms with Gasteiger partial charge in [0.05, 0.1) is 0 Å². The Bertz CT molecular complexity index is 524. The molecule has 0 radical (unpaired) electrons. The van der Waals surface area contributed by atoms with Gasteiger partial charge >= 0.3 is 0 Å². The van der Waals surface area contributed by atoms with Crippen LogP contribution in [-0.4, -0.2) is 0 Å². The van der Waals surface area contributed by atoms with E-state index in [9.17, 15) is 0 Å². The minimum Gasteiger partial charge on any atom is -0.0991 e. The number of rotatable bonds is 8. The SMILES string of the molecule is C=C\C=C/C(=C\C)C(/C=C)=C/C(=C)/C(=C/C=C(C)C)CC. The zero-order valence-electron chi connectivity index (χ0n) is 13.9. The van der Waals surface area contributed by atoms with E-state index < -0.39 is 0 Å². The summed E-state index contributed by atoms with van der Waals surface area (Å²) in [6.07, 6.45) is 17.0. The van der Waals surface area contributed by atoms with Crippen LogP contribution in [0.1, 0.15) is 34.1 Å². The van der Waals surface area contributed by atoms with Crippen molar-refractivity contribution in [2.75, 3.05) is 0 Å². The van der Waals surface area contributed by atoms with Gasteiger partial charge in [-0.25, -0.2) is 0 Å². The van der Waals surface area contributed by atoms with Gasteiger partial charge in [0.1, 0.15) is 0 Å². The van der Waals surface area contributed by atoms with Crippen LogP contribution in [0, 0.1) is 0 Å². The van der Waals surface area contributed by atoms with Crippen molar-refractivity contribution in [1.29, 1.82) is 0 Å². The highest BCUT2D eigenvalue weighted by molar-refractivity contribution is 5.52. The highest BCUT2D eigenvalue weighted by atomic mass is 14.1. The second-order valence-electron chi connectivity index (χ2n) is 4.96. The van der Waals surface area contributed by atoms with Gasteiger partial charge in [-0.05, 0) is 55.6 Å². The molecule has 0 aromatic carbocycles. The molecule has 0 saturated carbocycles. The summed E-state index contributed by atoms with van der Waals surface area (Å²) in [5.74, 6) is 0. The first kappa shape index (κ1) is 18.9. The molecule has 0 heteroatoms. The lowest BCUT2D eigenvalue weighted by atomic mass is 9.97. The van der Waals surface area contributed by atoms with E-state index in [1.54, 1.807) is 6.08 Å². The molecule has 0 nitrogen and oxygen atoms in total. The molecule has 0 aliphatic rings. The van der Waals surface area contributed by atoms with Crippen molar-refractivity contribution < 1.29 is 0 Å². The van der Waals surface area contributed by atoms with Crippen LogP contribution >= 0.6 is 0 Å². The molecule has 0 bridgehead atoms. The maximum Gasteiger partial charge on any atom is -0.0187 e. The van der Waals surface area contributed by atoms with Crippen LogP contribution in [0.2, 0.25) is 0 Å². The fourth-order valence-corrected chi connectivity index (χ4v) is 1.79. The molecule has 0 amide bonds. The van der Waals surface area contributed by atoms with Gasteiger partial charge in [-0.3, -0.25) is 0 Å². The standard InChI is InChI=1S/C21H28/c1-8-12-13-20(10-3)21(11-4)16-18(7)19(9-2)15-14-17(5)6/h8,10-16H,1,4,7,9H2,2-3,5-6H3/b13-12-,19-15+,20-10+,21-16+. The Morgan fingerprint density at radius 1 is 1.05 bits per heavy atom. The van der Waals surface area contributed by atoms with Gasteiger partial charge in [-0.1, -0.05) is 74.8 Å². The molecule has 21 heavy (non-hydrogen) atoms. The van der Waals surface area contributed by atoms with Crippen LogP contribution in [0.5, 0.6) is 0 Å². The van der Waals surface area contributed by atoms with Crippen LogP contribution in [0.25, 0.3) is 0 Å². The molecule has 0 rings (SSSR count). The van der Waals surface area contributed by atoms with E-state index in [4.69, 9.17) is 0 Å². The molecule has 0 aliphatic heterocycles. The molecule has 0 unspecified atom stereocenters. The third kappa shape index (κ3) is 7.31.